The smallest absolute Gasteiger partial charge is 0.302 e. The molecule has 0 saturated heterocycles. The van der Waals surface area contributed by atoms with Crippen molar-refractivity contribution in [2.75, 3.05) is 0 Å². The van der Waals surface area contributed by atoms with Crippen LogP contribution in [0.15, 0.2) is 47.0 Å². The summed E-state index contributed by atoms with van der Waals surface area (Å²) in [5.41, 5.74) is 1.99. The first-order valence-corrected chi connectivity index (χ1v) is 8.05. The van der Waals surface area contributed by atoms with E-state index in [0.717, 1.165) is 17.0 Å². The largest absolute Gasteiger partial charge is 0.305 e. The van der Waals surface area contributed by atoms with E-state index in [1.807, 2.05) is 42.7 Å². The van der Waals surface area contributed by atoms with Crippen molar-refractivity contribution in [1.82, 2.24) is 24.7 Å². The Labute approximate surface area is 142 Å². The summed E-state index contributed by atoms with van der Waals surface area (Å²) in [5, 5.41) is 20.2. The van der Waals surface area contributed by atoms with Gasteiger partial charge in [0, 0.05) is 12.1 Å². The van der Waals surface area contributed by atoms with Crippen molar-refractivity contribution in [3.8, 4) is 11.4 Å². The molecule has 2 aromatic heterocycles. The van der Waals surface area contributed by atoms with Crippen LogP contribution in [-0.2, 0) is 6.54 Å². The zero-order valence-corrected chi connectivity index (χ0v) is 13.9. The number of aryl methyl sites for hydroxylation is 1. The molecule has 0 N–H and O–H groups in total. The van der Waals surface area contributed by atoms with Crippen molar-refractivity contribution in [3.05, 3.63) is 52.3 Å². The molecule has 2 heterocycles. The average Bonchev–Trinajstić information content (AvgIpc) is 2.98. The Kier molecular flexibility index (Phi) is 4.52. The lowest BCUT2D eigenvalue weighted by Crippen LogP contribution is -2.01. The molecule has 0 saturated carbocycles. The second kappa shape index (κ2) is 6.75. The second-order valence-electron chi connectivity index (χ2n) is 4.95. The van der Waals surface area contributed by atoms with Crippen molar-refractivity contribution in [2.24, 2.45) is 0 Å². The first-order valence-electron chi connectivity index (χ1n) is 7.23. The van der Waals surface area contributed by atoms with Gasteiger partial charge in [-0.05, 0) is 31.2 Å². The van der Waals surface area contributed by atoms with Gasteiger partial charge < -0.3 is 4.57 Å². The monoisotopic (exact) mass is 342 g/mol. The highest BCUT2D eigenvalue weighted by Gasteiger charge is 2.16. The maximum Gasteiger partial charge on any atom is 0.305 e. The molecule has 9 heteroatoms. The van der Waals surface area contributed by atoms with Gasteiger partial charge in [0.05, 0.1) is 4.92 Å². The van der Waals surface area contributed by atoms with Crippen LogP contribution in [0.2, 0.25) is 0 Å². The highest BCUT2D eigenvalue weighted by atomic mass is 32.2. The Morgan fingerprint density at radius 1 is 1.21 bits per heavy atom. The maximum absolute atomic E-state index is 10.7. The van der Waals surface area contributed by atoms with E-state index in [1.54, 1.807) is 0 Å². The lowest BCUT2D eigenvalue weighted by molar-refractivity contribution is -0.385. The summed E-state index contributed by atoms with van der Waals surface area (Å²) in [6.07, 6.45) is 2.37. The molecule has 0 amide bonds. The predicted octanol–water partition coefficient (Wildman–Crippen LogP) is 3.12. The van der Waals surface area contributed by atoms with Crippen LogP contribution in [0.3, 0.4) is 0 Å². The fourth-order valence-corrected chi connectivity index (χ4v) is 2.99. The highest BCUT2D eigenvalue weighted by Crippen LogP contribution is 2.29. The van der Waals surface area contributed by atoms with E-state index in [0.29, 0.717) is 16.9 Å². The van der Waals surface area contributed by atoms with Gasteiger partial charge in [-0.3, -0.25) is 10.1 Å². The summed E-state index contributed by atoms with van der Waals surface area (Å²) < 4.78 is 1.97. The molecule has 0 atom stereocenters. The van der Waals surface area contributed by atoms with Gasteiger partial charge in [-0.2, -0.15) is 0 Å². The Balaban J connectivity index is 1.92. The quantitative estimate of drug-likeness (QED) is 0.399. The zero-order chi connectivity index (χ0) is 17.1. The van der Waals surface area contributed by atoms with Gasteiger partial charge in [0.15, 0.2) is 16.1 Å². The predicted molar refractivity (Wildman–Crippen MR) is 88.7 cm³/mol. The lowest BCUT2D eigenvalue weighted by atomic mass is 10.1. The van der Waals surface area contributed by atoms with E-state index in [4.69, 9.17) is 0 Å². The van der Waals surface area contributed by atoms with Crippen molar-refractivity contribution < 1.29 is 4.92 Å². The number of rotatable bonds is 5. The summed E-state index contributed by atoms with van der Waals surface area (Å²) in [7, 11) is 0. The third-order valence-electron chi connectivity index (χ3n) is 3.43. The van der Waals surface area contributed by atoms with E-state index in [2.05, 4.69) is 20.2 Å². The van der Waals surface area contributed by atoms with Crippen LogP contribution in [0, 0.1) is 17.0 Å². The number of hydrogen-bond acceptors (Lipinski definition) is 7. The Bertz CT molecular complexity index is 878. The molecule has 0 fully saturated rings. The third-order valence-corrected chi connectivity index (χ3v) is 4.30. The lowest BCUT2D eigenvalue weighted by Gasteiger charge is -2.08. The van der Waals surface area contributed by atoms with Crippen molar-refractivity contribution in [2.45, 2.75) is 30.7 Å². The van der Waals surface area contributed by atoms with E-state index in [-0.39, 0.29) is 5.69 Å². The topological polar surface area (TPSA) is 99.6 Å². The van der Waals surface area contributed by atoms with Crippen LogP contribution in [0.25, 0.3) is 11.4 Å². The molecule has 0 unspecified atom stereocenters. The number of aromatic nitrogens is 5. The summed E-state index contributed by atoms with van der Waals surface area (Å²) in [4.78, 5) is 18.1. The third kappa shape index (κ3) is 3.11. The molecule has 1 aromatic carbocycles. The minimum Gasteiger partial charge on any atom is -0.302 e. The summed E-state index contributed by atoms with van der Waals surface area (Å²) >= 11 is 1.23. The summed E-state index contributed by atoms with van der Waals surface area (Å²) in [5.74, 6) is 0.778. The Morgan fingerprint density at radius 3 is 2.54 bits per heavy atom. The molecular weight excluding hydrogens is 328 g/mol. The molecule has 24 heavy (non-hydrogen) atoms. The van der Waals surface area contributed by atoms with Crippen LogP contribution < -0.4 is 0 Å². The van der Waals surface area contributed by atoms with Crippen molar-refractivity contribution in [3.63, 3.8) is 0 Å². The maximum atomic E-state index is 10.7. The Morgan fingerprint density at radius 2 is 1.92 bits per heavy atom. The minimum absolute atomic E-state index is 0.142. The van der Waals surface area contributed by atoms with Crippen LogP contribution in [0.1, 0.15) is 12.5 Å². The van der Waals surface area contributed by atoms with Crippen molar-refractivity contribution in [1.29, 1.82) is 0 Å². The van der Waals surface area contributed by atoms with Gasteiger partial charge in [0.1, 0.15) is 12.4 Å². The van der Waals surface area contributed by atoms with Gasteiger partial charge >= 0.3 is 5.69 Å². The molecule has 0 spiro atoms. The van der Waals surface area contributed by atoms with Crippen LogP contribution >= 0.6 is 11.8 Å². The Hall–Kier alpha value is -2.81. The molecule has 3 rings (SSSR count). The fourth-order valence-electron chi connectivity index (χ4n) is 2.21. The van der Waals surface area contributed by atoms with Crippen LogP contribution in [0.4, 0.5) is 5.69 Å². The number of benzene rings is 1. The SMILES string of the molecule is CCn1c(Sc2ncc([N+](=O)[O-])cn2)nnc1-c1ccccc1C. The first-order chi connectivity index (χ1) is 11.6. The van der Waals surface area contributed by atoms with E-state index < -0.39 is 4.92 Å². The van der Waals surface area contributed by atoms with Gasteiger partial charge in [-0.1, -0.05) is 24.3 Å². The first kappa shape index (κ1) is 16.1. The molecule has 0 aliphatic carbocycles. The molecule has 0 bridgehead atoms. The second-order valence-corrected chi connectivity index (χ2v) is 5.88. The molecular formula is C15H14N6O2S. The molecule has 8 nitrogen and oxygen atoms in total. The van der Waals surface area contributed by atoms with E-state index in [9.17, 15) is 10.1 Å². The van der Waals surface area contributed by atoms with E-state index in [1.165, 1.54) is 24.2 Å². The van der Waals surface area contributed by atoms with Gasteiger partial charge in [0.25, 0.3) is 0 Å². The van der Waals surface area contributed by atoms with Crippen LogP contribution in [0.5, 0.6) is 0 Å². The van der Waals surface area contributed by atoms with Crippen LogP contribution in [-0.4, -0.2) is 29.7 Å². The average molecular weight is 342 g/mol. The molecule has 0 aliphatic heterocycles. The van der Waals surface area contributed by atoms with E-state index >= 15 is 0 Å². The molecule has 3 aromatic rings. The minimum atomic E-state index is -0.528. The zero-order valence-electron chi connectivity index (χ0n) is 13.1. The van der Waals surface area contributed by atoms with Crippen molar-refractivity contribution >= 4 is 17.4 Å². The standard InChI is InChI=1S/C15H14N6O2S/c1-3-20-13(12-7-5-4-6-10(12)2)18-19-15(20)24-14-16-8-11(9-17-14)21(22)23/h4-9H,3H2,1-2H3. The van der Waals surface area contributed by atoms with Gasteiger partial charge in [0.2, 0.25) is 0 Å². The summed E-state index contributed by atoms with van der Waals surface area (Å²) in [6.45, 7) is 4.72. The normalized spacial score (nSPS) is 10.8. The number of nitrogens with zero attached hydrogens (tertiary/aromatic N) is 6. The highest BCUT2D eigenvalue weighted by molar-refractivity contribution is 7.99. The molecule has 0 aliphatic rings. The molecule has 0 radical (unpaired) electrons. The number of hydrogen-bond donors (Lipinski definition) is 0. The van der Waals surface area contributed by atoms with Gasteiger partial charge in [-0.25, -0.2) is 9.97 Å². The fraction of sp³-hybridized carbons (Fsp3) is 0.200. The summed E-state index contributed by atoms with van der Waals surface area (Å²) in [6, 6.07) is 7.97. The molecule has 122 valence electrons. The number of nitro groups is 1. The van der Waals surface area contributed by atoms with Gasteiger partial charge in [-0.15, -0.1) is 10.2 Å².